The second-order valence-corrected chi connectivity index (χ2v) is 11.0. The number of rotatable bonds is 7. The topological polar surface area (TPSA) is 96.7 Å². The number of ether oxygens (including phenoxy) is 1. The van der Waals surface area contributed by atoms with Crippen LogP contribution in [0.2, 0.25) is 0 Å². The minimum atomic E-state index is -0.246. The fourth-order valence-corrected chi connectivity index (χ4v) is 5.63. The van der Waals surface area contributed by atoms with Crippen LogP contribution in [0.4, 0.5) is 17.1 Å². The van der Waals surface area contributed by atoms with Gasteiger partial charge in [-0.25, -0.2) is 0 Å². The Morgan fingerprint density at radius 2 is 1.64 bits per heavy atom. The number of carbonyl (C=O) groups is 2. The van der Waals surface area contributed by atoms with E-state index in [1.165, 1.54) is 6.08 Å². The van der Waals surface area contributed by atoms with E-state index in [0.29, 0.717) is 17.4 Å². The molecule has 2 heterocycles. The number of amides is 2. The van der Waals surface area contributed by atoms with Gasteiger partial charge >= 0.3 is 0 Å². The Hall–Kier alpha value is -3.46. The summed E-state index contributed by atoms with van der Waals surface area (Å²) < 4.78 is 6.55. The van der Waals surface area contributed by atoms with Crippen LogP contribution in [0, 0.1) is 5.92 Å². The van der Waals surface area contributed by atoms with Crippen molar-refractivity contribution < 1.29 is 14.3 Å². The second-order valence-electron chi connectivity index (χ2n) is 10.1. The molecule has 2 saturated heterocycles. The van der Waals surface area contributed by atoms with Gasteiger partial charge in [-0.1, -0.05) is 52.3 Å². The lowest BCUT2D eigenvalue weighted by atomic mass is 9.88. The van der Waals surface area contributed by atoms with E-state index in [2.05, 4.69) is 43.6 Å². The Morgan fingerprint density at radius 3 is 2.36 bits per heavy atom. The first-order chi connectivity index (χ1) is 19.0. The quantitative estimate of drug-likeness (QED) is 0.249. The average molecular weight is 590 g/mol. The van der Waals surface area contributed by atoms with Crippen LogP contribution in [-0.2, 0) is 14.3 Å². The zero-order valence-corrected chi connectivity index (χ0v) is 23.3. The molecule has 7 nitrogen and oxygen atoms in total. The smallest absolute Gasteiger partial charge is 0.248 e. The molecule has 0 radical (unpaired) electrons. The SMILES string of the molecule is Nc1ccccc1NC(=O)/C=C/c1ccc(C2CN(C3CCOCC3)CC2C(=O)Nc2ccc(Br)cc2)cc1. The van der Waals surface area contributed by atoms with E-state index in [9.17, 15) is 9.59 Å². The van der Waals surface area contributed by atoms with Gasteiger partial charge in [0, 0.05) is 54.5 Å². The molecule has 0 saturated carbocycles. The summed E-state index contributed by atoms with van der Waals surface area (Å²) in [6.45, 7) is 3.10. The number of hydrogen-bond donors (Lipinski definition) is 3. The van der Waals surface area contributed by atoms with Crippen LogP contribution in [-0.4, -0.2) is 49.1 Å². The van der Waals surface area contributed by atoms with E-state index >= 15 is 0 Å². The van der Waals surface area contributed by atoms with E-state index in [1.807, 2.05) is 48.5 Å². The molecule has 2 aliphatic heterocycles. The first kappa shape index (κ1) is 27.1. The minimum Gasteiger partial charge on any atom is -0.397 e. The molecule has 2 atom stereocenters. The van der Waals surface area contributed by atoms with Crippen molar-refractivity contribution in [3.8, 4) is 0 Å². The summed E-state index contributed by atoms with van der Waals surface area (Å²) in [4.78, 5) is 28.3. The number of hydrogen-bond acceptors (Lipinski definition) is 5. The number of carbonyl (C=O) groups excluding carboxylic acids is 2. The van der Waals surface area contributed by atoms with Gasteiger partial charge in [0.2, 0.25) is 11.8 Å². The van der Waals surface area contributed by atoms with Gasteiger partial charge in [-0.3, -0.25) is 14.5 Å². The Balaban J connectivity index is 1.29. The third-order valence-electron chi connectivity index (χ3n) is 7.51. The lowest BCUT2D eigenvalue weighted by Gasteiger charge is -2.31. The summed E-state index contributed by atoms with van der Waals surface area (Å²) in [7, 11) is 0. The van der Waals surface area contributed by atoms with Crippen LogP contribution >= 0.6 is 15.9 Å². The number of halogens is 1. The number of anilines is 3. The lowest BCUT2D eigenvalue weighted by molar-refractivity contribution is -0.120. The van der Waals surface area contributed by atoms with Gasteiger partial charge in [0.25, 0.3) is 0 Å². The van der Waals surface area contributed by atoms with Crippen molar-refractivity contribution in [1.29, 1.82) is 0 Å². The molecular formula is C31H33BrN4O3. The summed E-state index contributed by atoms with van der Waals surface area (Å²) in [6.07, 6.45) is 5.26. The number of nitrogens with two attached hydrogens (primary N) is 1. The van der Waals surface area contributed by atoms with Crippen molar-refractivity contribution in [2.75, 3.05) is 42.7 Å². The summed E-state index contributed by atoms with van der Waals surface area (Å²) in [5.41, 5.74) is 9.85. The highest BCUT2D eigenvalue weighted by Crippen LogP contribution is 2.36. The Morgan fingerprint density at radius 1 is 0.923 bits per heavy atom. The van der Waals surface area contributed by atoms with Crippen LogP contribution in [0.3, 0.4) is 0 Å². The monoisotopic (exact) mass is 588 g/mol. The first-order valence-electron chi connectivity index (χ1n) is 13.3. The molecular weight excluding hydrogens is 556 g/mol. The number of benzene rings is 3. The third-order valence-corrected chi connectivity index (χ3v) is 8.04. The largest absolute Gasteiger partial charge is 0.397 e. The van der Waals surface area contributed by atoms with Crippen molar-refractivity contribution >= 4 is 50.9 Å². The van der Waals surface area contributed by atoms with E-state index in [4.69, 9.17) is 10.5 Å². The maximum atomic E-state index is 13.5. The molecule has 8 heteroatoms. The third kappa shape index (κ3) is 6.95. The molecule has 202 valence electrons. The predicted molar refractivity (Wildman–Crippen MR) is 159 cm³/mol. The Kier molecular flexibility index (Phi) is 8.76. The van der Waals surface area contributed by atoms with Crippen LogP contribution in [0.15, 0.2) is 83.3 Å². The van der Waals surface area contributed by atoms with Crippen LogP contribution in [0.25, 0.3) is 6.08 Å². The molecule has 0 spiro atoms. The molecule has 0 aromatic heterocycles. The number of nitrogens with zero attached hydrogens (tertiary/aromatic N) is 1. The highest BCUT2D eigenvalue weighted by molar-refractivity contribution is 9.10. The number of para-hydroxylation sites is 2. The highest BCUT2D eigenvalue weighted by Gasteiger charge is 2.41. The van der Waals surface area contributed by atoms with Crippen molar-refractivity contribution in [2.45, 2.75) is 24.8 Å². The summed E-state index contributed by atoms with van der Waals surface area (Å²) >= 11 is 3.45. The van der Waals surface area contributed by atoms with E-state index in [-0.39, 0.29) is 23.7 Å². The molecule has 2 unspecified atom stereocenters. The maximum absolute atomic E-state index is 13.5. The molecule has 3 aromatic carbocycles. The minimum absolute atomic E-state index is 0.0395. The van der Waals surface area contributed by atoms with Crippen molar-refractivity contribution in [3.63, 3.8) is 0 Å². The Bertz CT molecular complexity index is 1320. The number of likely N-dealkylation sites (tertiary alicyclic amines) is 1. The predicted octanol–water partition coefficient (Wildman–Crippen LogP) is 5.52. The van der Waals surface area contributed by atoms with Crippen LogP contribution in [0.1, 0.15) is 29.9 Å². The van der Waals surface area contributed by atoms with Gasteiger partial charge in [-0.2, -0.15) is 0 Å². The number of nitrogens with one attached hydrogen (secondary N) is 2. The zero-order valence-electron chi connectivity index (χ0n) is 21.7. The lowest BCUT2D eigenvalue weighted by Crippen LogP contribution is -2.38. The van der Waals surface area contributed by atoms with Crippen molar-refractivity contribution in [2.24, 2.45) is 5.92 Å². The van der Waals surface area contributed by atoms with Gasteiger partial charge in [0.15, 0.2) is 0 Å². The van der Waals surface area contributed by atoms with Gasteiger partial charge in [0.05, 0.1) is 17.3 Å². The highest BCUT2D eigenvalue weighted by atomic mass is 79.9. The fraction of sp³-hybridized carbons (Fsp3) is 0.290. The van der Waals surface area contributed by atoms with Crippen LogP contribution in [0.5, 0.6) is 0 Å². The Labute approximate surface area is 237 Å². The van der Waals surface area contributed by atoms with Crippen molar-refractivity contribution in [1.82, 2.24) is 4.90 Å². The van der Waals surface area contributed by atoms with Gasteiger partial charge in [0.1, 0.15) is 0 Å². The molecule has 0 bridgehead atoms. The molecule has 2 amide bonds. The molecule has 3 aromatic rings. The fourth-order valence-electron chi connectivity index (χ4n) is 5.37. The second kappa shape index (κ2) is 12.6. The van der Waals surface area contributed by atoms with E-state index in [0.717, 1.165) is 60.4 Å². The molecule has 2 fully saturated rings. The van der Waals surface area contributed by atoms with Crippen LogP contribution < -0.4 is 16.4 Å². The van der Waals surface area contributed by atoms with E-state index < -0.39 is 0 Å². The van der Waals surface area contributed by atoms with Crippen molar-refractivity contribution in [3.05, 3.63) is 94.5 Å². The molecule has 39 heavy (non-hydrogen) atoms. The maximum Gasteiger partial charge on any atom is 0.248 e. The summed E-state index contributed by atoms with van der Waals surface area (Å²) in [5.74, 6) is -0.298. The molecule has 5 rings (SSSR count). The molecule has 4 N–H and O–H groups in total. The average Bonchev–Trinajstić information content (AvgIpc) is 3.41. The summed E-state index contributed by atoms with van der Waals surface area (Å²) in [5, 5.41) is 5.93. The van der Waals surface area contributed by atoms with Gasteiger partial charge in [-0.05, 0) is 66.4 Å². The standard InChI is InChI=1S/C31H33BrN4O3/c32-23-10-12-24(13-11-23)34-31(38)27-20-36(25-15-17-39-18-16-25)19-26(27)22-8-5-21(6-9-22)7-14-30(37)35-29-4-2-1-3-28(29)33/h1-14,25-27H,15-20,33H2,(H,34,38)(H,35,37)/b14-7+. The first-order valence-corrected chi connectivity index (χ1v) is 14.1. The summed E-state index contributed by atoms with van der Waals surface area (Å²) in [6, 6.07) is 23.4. The van der Waals surface area contributed by atoms with E-state index in [1.54, 1.807) is 18.2 Å². The zero-order chi connectivity index (χ0) is 27.2. The normalized spacial score (nSPS) is 20.2. The molecule has 0 aliphatic carbocycles. The number of nitrogen functional groups attached to an aromatic ring is 1. The van der Waals surface area contributed by atoms with Gasteiger partial charge < -0.3 is 21.1 Å². The van der Waals surface area contributed by atoms with Gasteiger partial charge in [-0.15, -0.1) is 0 Å². The molecule has 2 aliphatic rings.